The van der Waals surface area contributed by atoms with Crippen LogP contribution in [0.5, 0.6) is 0 Å². The molecule has 4 rings (SSSR count). The lowest BCUT2D eigenvalue weighted by molar-refractivity contribution is 0.102. The molecule has 8 heteroatoms. The van der Waals surface area contributed by atoms with Crippen LogP contribution in [0.1, 0.15) is 41.5 Å². The summed E-state index contributed by atoms with van der Waals surface area (Å²) in [5, 5.41) is 12.2. The Bertz CT molecular complexity index is 1170. The smallest absolute Gasteiger partial charge is 0.259 e. The minimum atomic E-state index is -0.295. The van der Waals surface area contributed by atoms with Gasteiger partial charge in [-0.05, 0) is 37.1 Å². The van der Waals surface area contributed by atoms with Crippen molar-refractivity contribution in [3.63, 3.8) is 0 Å². The molecule has 0 aliphatic rings. The second-order valence-corrected chi connectivity index (χ2v) is 7.15. The fourth-order valence-electron chi connectivity index (χ4n) is 3.03. The van der Waals surface area contributed by atoms with Gasteiger partial charge in [-0.2, -0.15) is 5.10 Å². The number of rotatable bonds is 4. The van der Waals surface area contributed by atoms with Crippen LogP contribution in [-0.2, 0) is 0 Å². The van der Waals surface area contributed by atoms with Crippen LogP contribution in [0, 0.1) is 6.92 Å². The first-order valence-corrected chi connectivity index (χ1v) is 9.20. The maximum atomic E-state index is 13.2. The van der Waals surface area contributed by atoms with E-state index in [2.05, 4.69) is 20.6 Å². The molecule has 0 aliphatic heterocycles. The molecule has 0 spiro atoms. The lowest BCUT2D eigenvalue weighted by Gasteiger charge is -2.14. The number of hydrogen-bond donors (Lipinski definition) is 1. The van der Waals surface area contributed by atoms with Crippen LogP contribution in [0.15, 0.2) is 47.2 Å². The average Bonchev–Trinajstić information content (AvgIpc) is 3.31. The van der Waals surface area contributed by atoms with E-state index < -0.39 is 0 Å². The predicted molar refractivity (Wildman–Crippen MR) is 107 cm³/mol. The Morgan fingerprint density at radius 1 is 1.29 bits per heavy atom. The molecule has 0 radical (unpaired) electrons. The number of amides is 1. The van der Waals surface area contributed by atoms with E-state index in [-0.39, 0.29) is 11.8 Å². The zero-order chi connectivity index (χ0) is 19.8. The van der Waals surface area contributed by atoms with Crippen molar-refractivity contribution < 1.29 is 9.32 Å². The molecule has 142 valence electrons. The fraction of sp³-hybridized carbons (Fsp3) is 0.200. The molecule has 1 aromatic carbocycles. The third-order valence-electron chi connectivity index (χ3n) is 4.44. The van der Waals surface area contributed by atoms with Crippen LogP contribution in [0.25, 0.3) is 16.8 Å². The topological polar surface area (TPSA) is 85.8 Å². The Kier molecular flexibility index (Phi) is 4.60. The summed E-state index contributed by atoms with van der Waals surface area (Å²) >= 11 is 6.37. The number of nitrogens with zero attached hydrogens (tertiary/aromatic N) is 4. The molecule has 28 heavy (non-hydrogen) atoms. The summed E-state index contributed by atoms with van der Waals surface area (Å²) in [7, 11) is 0. The zero-order valence-electron chi connectivity index (χ0n) is 15.6. The SMILES string of the molecule is Cc1noc2nc(C(C)C)cc(C(=O)Nc3cccc(Cl)c3-n3cccn3)c12. The van der Waals surface area contributed by atoms with E-state index in [1.807, 2.05) is 13.8 Å². The molecule has 0 unspecified atom stereocenters. The minimum Gasteiger partial charge on any atom is -0.336 e. The van der Waals surface area contributed by atoms with Gasteiger partial charge in [0.2, 0.25) is 0 Å². The molecule has 1 N–H and O–H groups in total. The van der Waals surface area contributed by atoms with E-state index in [0.29, 0.717) is 38.8 Å². The van der Waals surface area contributed by atoms with E-state index in [0.717, 1.165) is 5.69 Å². The van der Waals surface area contributed by atoms with Gasteiger partial charge in [0, 0.05) is 18.1 Å². The maximum Gasteiger partial charge on any atom is 0.259 e. The number of anilines is 1. The van der Waals surface area contributed by atoms with Gasteiger partial charge >= 0.3 is 0 Å². The van der Waals surface area contributed by atoms with Gasteiger partial charge in [0.15, 0.2) is 0 Å². The van der Waals surface area contributed by atoms with Gasteiger partial charge in [-0.15, -0.1) is 0 Å². The molecule has 0 bridgehead atoms. The highest BCUT2D eigenvalue weighted by Crippen LogP contribution is 2.30. The second-order valence-electron chi connectivity index (χ2n) is 6.74. The Hall–Kier alpha value is -3.19. The Morgan fingerprint density at radius 3 is 2.82 bits per heavy atom. The standard InChI is InChI=1S/C20H18ClN5O2/c1-11(2)16-10-13(17-12(3)25-28-20(17)24-16)19(27)23-15-7-4-6-14(21)18(15)26-9-5-8-22-26/h4-11H,1-3H3,(H,23,27). The van der Waals surface area contributed by atoms with Gasteiger partial charge in [-0.1, -0.05) is 36.7 Å². The molecule has 0 saturated heterocycles. The molecule has 0 fully saturated rings. The van der Waals surface area contributed by atoms with Gasteiger partial charge < -0.3 is 9.84 Å². The molecular weight excluding hydrogens is 378 g/mol. The van der Waals surface area contributed by atoms with Gasteiger partial charge in [0.25, 0.3) is 11.6 Å². The van der Waals surface area contributed by atoms with E-state index >= 15 is 0 Å². The summed E-state index contributed by atoms with van der Waals surface area (Å²) in [5.41, 5.74) is 3.32. The van der Waals surface area contributed by atoms with Crippen molar-refractivity contribution in [2.75, 3.05) is 5.32 Å². The summed E-state index contributed by atoms with van der Waals surface area (Å²) in [5.74, 6) is -0.163. The number of halogens is 1. The molecule has 3 heterocycles. The molecular formula is C20H18ClN5O2. The summed E-state index contributed by atoms with van der Waals surface area (Å²) in [6.07, 6.45) is 3.42. The first-order chi connectivity index (χ1) is 13.5. The van der Waals surface area contributed by atoms with Crippen LogP contribution < -0.4 is 5.32 Å². The van der Waals surface area contributed by atoms with Crippen LogP contribution in [0.2, 0.25) is 5.02 Å². The minimum absolute atomic E-state index is 0.132. The summed E-state index contributed by atoms with van der Waals surface area (Å²) < 4.78 is 6.92. The largest absolute Gasteiger partial charge is 0.336 e. The van der Waals surface area contributed by atoms with Crippen LogP contribution >= 0.6 is 11.6 Å². The number of benzene rings is 1. The number of carbonyl (C=O) groups is 1. The molecule has 0 aliphatic carbocycles. The normalized spacial score (nSPS) is 11.3. The predicted octanol–water partition coefficient (Wildman–Crippen LogP) is 4.75. The number of fused-ring (bicyclic) bond motifs is 1. The summed E-state index contributed by atoms with van der Waals surface area (Å²) in [6.45, 7) is 5.80. The number of para-hydroxylation sites is 1. The maximum absolute atomic E-state index is 13.2. The molecule has 7 nitrogen and oxygen atoms in total. The quantitative estimate of drug-likeness (QED) is 0.539. The fourth-order valence-corrected chi connectivity index (χ4v) is 3.29. The third kappa shape index (κ3) is 3.14. The first kappa shape index (κ1) is 18.2. The highest BCUT2D eigenvalue weighted by molar-refractivity contribution is 6.33. The van der Waals surface area contributed by atoms with E-state index in [1.54, 1.807) is 54.3 Å². The molecule has 1 amide bonds. The Balaban J connectivity index is 1.80. The van der Waals surface area contributed by atoms with Crippen molar-refractivity contribution in [3.05, 3.63) is 64.7 Å². The molecule has 4 aromatic rings. The van der Waals surface area contributed by atoms with Crippen LogP contribution in [-0.4, -0.2) is 25.8 Å². The van der Waals surface area contributed by atoms with Gasteiger partial charge in [0.1, 0.15) is 5.69 Å². The second kappa shape index (κ2) is 7.09. The lowest BCUT2D eigenvalue weighted by Crippen LogP contribution is -2.15. The highest BCUT2D eigenvalue weighted by atomic mass is 35.5. The van der Waals surface area contributed by atoms with Gasteiger partial charge in [-0.3, -0.25) is 4.79 Å². The Morgan fingerprint density at radius 2 is 2.11 bits per heavy atom. The first-order valence-electron chi connectivity index (χ1n) is 8.82. The van der Waals surface area contributed by atoms with Crippen molar-refractivity contribution >= 4 is 34.3 Å². The van der Waals surface area contributed by atoms with Crippen molar-refractivity contribution in [1.82, 2.24) is 19.9 Å². The monoisotopic (exact) mass is 395 g/mol. The number of aromatic nitrogens is 4. The number of hydrogen-bond acceptors (Lipinski definition) is 5. The molecule has 0 saturated carbocycles. The lowest BCUT2D eigenvalue weighted by atomic mass is 10.0. The van der Waals surface area contributed by atoms with Crippen LogP contribution in [0.3, 0.4) is 0 Å². The van der Waals surface area contributed by atoms with Gasteiger partial charge in [-0.25, -0.2) is 9.67 Å². The summed E-state index contributed by atoms with van der Waals surface area (Å²) in [4.78, 5) is 17.7. The molecule has 0 atom stereocenters. The number of carbonyl (C=O) groups excluding carboxylic acids is 1. The van der Waals surface area contributed by atoms with Gasteiger partial charge in [0.05, 0.1) is 27.4 Å². The van der Waals surface area contributed by atoms with Crippen LogP contribution in [0.4, 0.5) is 5.69 Å². The third-order valence-corrected chi connectivity index (χ3v) is 4.75. The number of pyridine rings is 1. The van der Waals surface area contributed by atoms with E-state index in [9.17, 15) is 4.79 Å². The van der Waals surface area contributed by atoms with E-state index in [1.165, 1.54) is 0 Å². The van der Waals surface area contributed by atoms with Crippen molar-refractivity contribution in [3.8, 4) is 5.69 Å². The average molecular weight is 396 g/mol. The van der Waals surface area contributed by atoms with E-state index in [4.69, 9.17) is 16.1 Å². The molecule has 3 aromatic heterocycles. The number of aryl methyl sites for hydroxylation is 1. The van der Waals surface area contributed by atoms with Crippen molar-refractivity contribution in [1.29, 1.82) is 0 Å². The zero-order valence-corrected chi connectivity index (χ0v) is 16.4. The number of nitrogens with one attached hydrogen (secondary N) is 1. The van der Waals surface area contributed by atoms with Crippen molar-refractivity contribution in [2.45, 2.75) is 26.7 Å². The van der Waals surface area contributed by atoms with Crippen molar-refractivity contribution in [2.24, 2.45) is 0 Å². The summed E-state index contributed by atoms with van der Waals surface area (Å²) in [6, 6.07) is 8.88. The Labute approximate surface area is 166 Å². The highest BCUT2D eigenvalue weighted by Gasteiger charge is 2.21.